The normalized spacial score (nSPS) is 16.1. The maximum Gasteiger partial charge on any atom is 0.391 e. The number of aromatic nitrogens is 4. The summed E-state index contributed by atoms with van der Waals surface area (Å²) in [4.78, 5) is 31.9. The zero-order valence-electron chi connectivity index (χ0n) is 14.3. The van der Waals surface area contributed by atoms with Gasteiger partial charge in [0.25, 0.3) is 5.91 Å². The standard InChI is InChI=1S/C16H18F3N5O2/c1-9-7-13(22-15(26)21-9)24-10(2)12(8-20-24)14(25)23-5-3-11(4-6-23)16(17,18)19/h7-8,11H,3-6H2,1-2H3,(H,21,22,26). The van der Waals surface area contributed by atoms with Gasteiger partial charge >= 0.3 is 11.9 Å². The number of nitrogens with zero attached hydrogens (tertiary/aromatic N) is 4. The minimum absolute atomic E-state index is 0.0544. The highest BCUT2D eigenvalue weighted by Gasteiger charge is 2.42. The summed E-state index contributed by atoms with van der Waals surface area (Å²) in [5.74, 6) is -1.35. The van der Waals surface area contributed by atoms with Gasteiger partial charge in [0.05, 0.1) is 23.4 Å². The van der Waals surface area contributed by atoms with Crippen LogP contribution in [0, 0.1) is 19.8 Å². The number of likely N-dealkylation sites (tertiary alicyclic amines) is 1. The van der Waals surface area contributed by atoms with Crippen molar-refractivity contribution >= 4 is 5.91 Å². The highest BCUT2D eigenvalue weighted by Crippen LogP contribution is 2.34. The fourth-order valence-electron chi connectivity index (χ4n) is 3.12. The summed E-state index contributed by atoms with van der Waals surface area (Å²) in [5, 5.41) is 4.13. The number of nitrogens with one attached hydrogen (secondary N) is 1. The predicted octanol–water partition coefficient (Wildman–Crippen LogP) is 1.99. The quantitative estimate of drug-likeness (QED) is 0.877. The predicted molar refractivity (Wildman–Crippen MR) is 86.1 cm³/mol. The SMILES string of the molecule is Cc1cc(-n2ncc(C(=O)N3CCC(C(F)(F)F)CC3)c2C)[nH]c(=O)n1. The number of carbonyl (C=O) groups is 1. The van der Waals surface area contributed by atoms with Crippen molar-refractivity contribution in [2.75, 3.05) is 13.1 Å². The van der Waals surface area contributed by atoms with Gasteiger partial charge in [-0.15, -0.1) is 0 Å². The van der Waals surface area contributed by atoms with E-state index in [1.807, 2.05) is 0 Å². The van der Waals surface area contributed by atoms with E-state index in [2.05, 4.69) is 15.1 Å². The molecule has 0 aliphatic carbocycles. The van der Waals surface area contributed by atoms with E-state index in [4.69, 9.17) is 0 Å². The molecule has 1 amide bonds. The van der Waals surface area contributed by atoms with E-state index < -0.39 is 17.8 Å². The lowest BCUT2D eigenvalue weighted by Gasteiger charge is -2.32. The Labute approximate surface area is 146 Å². The van der Waals surface area contributed by atoms with Gasteiger partial charge in [-0.05, 0) is 26.7 Å². The molecule has 1 fully saturated rings. The maximum absolute atomic E-state index is 12.8. The number of aromatic amines is 1. The number of carbonyl (C=O) groups excluding carboxylic acids is 1. The summed E-state index contributed by atoms with van der Waals surface area (Å²) >= 11 is 0. The highest BCUT2D eigenvalue weighted by atomic mass is 19.4. The molecule has 0 aromatic carbocycles. The molecule has 0 saturated carbocycles. The smallest absolute Gasteiger partial charge is 0.339 e. The number of aryl methyl sites for hydroxylation is 1. The molecule has 7 nitrogen and oxygen atoms in total. The zero-order chi connectivity index (χ0) is 19.1. The van der Waals surface area contributed by atoms with Crippen LogP contribution in [0.5, 0.6) is 0 Å². The molecule has 10 heteroatoms. The molecule has 1 aliphatic heterocycles. The van der Waals surface area contributed by atoms with Crippen LogP contribution in [0.1, 0.15) is 34.6 Å². The molecule has 26 heavy (non-hydrogen) atoms. The third-order valence-corrected chi connectivity index (χ3v) is 4.57. The second kappa shape index (κ2) is 6.58. The van der Waals surface area contributed by atoms with Crippen LogP contribution in [0.4, 0.5) is 13.2 Å². The first-order valence-corrected chi connectivity index (χ1v) is 8.16. The van der Waals surface area contributed by atoms with Crippen molar-refractivity contribution in [2.45, 2.75) is 32.9 Å². The van der Waals surface area contributed by atoms with Gasteiger partial charge in [-0.25, -0.2) is 9.48 Å². The molecule has 0 bridgehead atoms. The van der Waals surface area contributed by atoms with Crippen LogP contribution in [-0.2, 0) is 0 Å². The molecule has 1 aliphatic rings. The van der Waals surface area contributed by atoms with Crippen LogP contribution < -0.4 is 5.69 Å². The van der Waals surface area contributed by atoms with Crippen molar-refractivity contribution in [2.24, 2.45) is 5.92 Å². The molecule has 0 atom stereocenters. The van der Waals surface area contributed by atoms with Crippen LogP contribution in [0.2, 0.25) is 0 Å². The van der Waals surface area contributed by atoms with Gasteiger partial charge in [0.15, 0.2) is 0 Å². The summed E-state index contributed by atoms with van der Waals surface area (Å²) in [6, 6.07) is 1.62. The Kier molecular flexibility index (Phi) is 4.59. The fourth-order valence-corrected chi connectivity index (χ4v) is 3.12. The molecule has 0 radical (unpaired) electrons. The molecule has 0 unspecified atom stereocenters. The van der Waals surface area contributed by atoms with Crippen LogP contribution in [-0.4, -0.2) is 49.8 Å². The number of hydrogen-bond acceptors (Lipinski definition) is 4. The molecule has 140 valence electrons. The maximum atomic E-state index is 12.8. The number of amides is 1. The van der Waals surface area contributed by atoms with Gasteiger partial charge in [-0.2, -0.15) is 23.3 Å². The van der Waals surface area contributed by atoms with Crippen molar-refractivity contribution < 1.29 is 18.0 Å². The van der Waals surface area contributed by atoms with E-state index in [0.717, 1.165) is 0 Å². The number of H-pyrrole nitrogens is 1. The Bertz CT molecular complexity index is 879. The molecular formula is C16H18F3N5O2. The summed E-state index contributed by atoms with van der Waals surface area (Å²) in [7, 11) is 0. The third-order valence-electron chi connectivity index (χ3n) is 4.57. The second-order valence-electron chi connectivity index (χ2n) is 6.38. The Morgan fingerprint density at radius 3 is 2.50 bits per heavy atom. The van der Waals surface area contributed by atoms with E-state index in [0.29, 0.717) is 22.8 Å². The average Bonchev–Trinajstić information content (AvgIpc) is 2.94. The molecule has 0 spiro atoms. The zero-order valence-corrected chi connectivity index (χ0v) is 14.3. The first kappa shape index (κ1) is 18.2. The fraction of sp³-hybridized carbons (Fsp3) is 0.500. The molecule has 1 saturated heterocycles. The van der Waals surface area contributed by atoms with Gasteiger partial charge in [0.2, 0.25) is 0 Å². The molecular weight excluding hydrogens is 351 g/mol. The average molecular weight is 369 g/mol. The largest absolute Gasteiger partial charge is 0.391 e. The number of alkyl halides is 3. The van der Waals surface area contributed by atoms with Gasteiger partial charge < -0.3 is 4.90 Å². The first-order chi connectivity index (χ1) is 12.2. The van der Waals surface area contributed by atoms with E-state index in [1.54, 1.807) is 19.9 Å². The van der Waals surface area contributed by atoms with Crippen LogP contribution in [0.25, 0.3) is 5.82 Å². The van der Waals surface area contributed by atoms with Gasteiger partial charge in [-0.1, -0.05) is 0 Å². The Hall–Kier alpha value is -2.65. The number of rotatable bonds is 2. The minimum Gasteiger partial charge on any atom is -0.339 e. The Morgan fingerprint density at radius 1 is 1.27 bits per heavy atom. The Morgan fingerprint density at radius 2 is 1.92 bits per heavy atom. The lowest BCUT2D eigenvalue weighted by Crippen LogP contribution is -2.42. The first-order valence-electron chi connectivity index (χ1n) is 8.16. The van der Waals surface area contributed by atoms with Gasteiger partial charge in [0.1, 0.15) is 5.82 Å². The molecule has 2 aromatic heterocycles. The van der Waals surface area contributed by atoms with E-state index in [-0.39, 0.29) is 31.8 Å². The molecule has 3 rings (SSSR count). The number of piperidine rings is 1. The van der Waals surface area contributed by atoms with Crippen molar-refractivity contribution in [1.29, 1.82) is 0 Å². The van der Waals surface area contributed by atoms with Gasteiger partial charge in [-0.3, -0.25) is 9.78 Å². The van der Waals surface area contributed by atoms with Gasteiger partial charge in [0, 0.05) is 24.8 Å². The number of halogens is 3. The van der Waals surface area contributed by atoms with Crippen molar-refractivity contribution in [3.8, 4) is 5.82 Å². The van der Waals surface area contributed by atoms with Crippen molar-refractivity contribution in [3.63, 3.8) is 0 Å². The minimum atomic E-state index is -4.22. The summed E-state index contributed by atoms with van der Waals surface area (Å²) in [6.45, 7) is 3.43. The lowest BCUT2D eigenvalue weighted by molar-refractivity contribution is -0.183. The third kappa shape index (κ3) is 3.49. The molecule has 1 N–H and O–H groups in total. The van der Waals surface area contributed by atoms with Crippen LogP contribution >= 0.6 is 0 Å². The van der Waals surface area contributed by atoms with Crippen LogP contribution in [0.15, 0.2) is 17.1 Å². The topological polar surface area (TPSA) is 83.9 Å². The lowest BCUT2D eigenvalue weighted by atomic mass is 9.96. The summed E-state index contributed by atoms with van der Waals surface area (Å²) in [5.41, 5.74) is 0.762. The monoisotopic (exact) mass is 369 g/mol. The second-order valence-corrected chi connectivity index (χ2v) is 6.38. The number of hydrogen-bond donors (Lipinski definition) is 1. The molecule has 3 heterocycles. The van der Waals surface area contributed by atoms with Crippen molar-refractivity contribution in [3.05, 3.63) is 39.7 Å². The van der Waals surface area contributed by atoms with E-state index in [9.17, 15) is 22.8 Å². The highest BCUT2D eigenvalue weighted by molar-refractivity contribution is 5.95. The van der Waals surface area contributed by atoms with E-state index in [1.165, 1.54) is 15.8 Å². The molecule has 2 aromatic rings. The van der Waals surface area contributed by atoms with Crippen LogP contribution in [0.3, 0.4) is 0 Å². The van der Waals surface area contributed by atoms with E-state index >= 15 is 0 Å². The Balaban J connectivity index is 1.80. The summed E-state index contributed by atoms with van der Waals surface area (Å²) in [6.07, 6.45) is -3.05. The summed E-state index contributed by atoms with van der Waals surface area (Å²) < 4.78 is 39.7. The van der Waals surface area contributed by atoms with Crippen molar-refractivity contribution in [1.82, 2.24) is 24.6 Å².